The third-order valence-electron chi connectivity index (χ3n) is 5.35. The Kier molecular flexibility index (Phi) is 7.99. The summed E-state index contributed by atoms with van der Waals surface area (Å²) in [5, 5.41) is 2.87. The smallest absolute Gasteiger partial charge is 0.343 e. The molecule has 0 saturated heterocycles. The highest BCUT2D eigenvalue weighted by Crippen LogP contribution is 2.38. The van der Waals surface area contributed by atoms with E-state index in [0.717, 1.165) is 31.9 Å². The molecule has 7 heteroatoms. The second-order valence-corrected chi connectivity index (χ2v) is 9.21. The summed E-state index contributed by atoms with van der Waals surface area (Å²) >= 11 is 16.4. The molecule has 34 heavy (non-hydrogen) atoms. The topological polar surface area (TPSA) is 44.8 Å². The number of rotatable bonds is 8. The van der Waals surface area contributed by atoms with Crippen LogP contribution in [0.5, 0.6) is 11.5 Å². The maximum atomic E-state index is 11.7. The van der Waals surface area contributed by atoms with Gasteiger partial charge in [0.15, 0.2) is 6.61 Å². The first-order valence-corrected chi connectivity index (χ1v) is 12.1. The van der Waals surface area contributed by atoms with E-state index in [0.29, 0.717) is 34.6 Å². The van der Waals surface area contributed by atoms with Crippen molar-refractivity contribution in [3.8, 4) is 11.5 Å². The summed E-state index contributed by atoms with van der Waals surface area (Å²) in [6.07, 6.45) is 0.451. The zero-order valence-electron chi connectivity index (χ0n) is 18.3. The van der Waals surface area contributed by atoms with Gasteiger partial charge in [0.25, 0.3) is 0 Å². The van der Waals surface area contributed by atoms with E-state index in [1.54, 1.807) is 6.07 Å². The van der Waals surface area contributed by atoms with E-state index in [2.05, 4.69) is 15.9 Å². The summed E-state index contributed by atoms with van der Waals surface area (Å²) in [7, 11) is 1.33. The average Bonchev–Trinajstić information content (AvgIpc) is 2.85. The molecule has 0 atom stereocenters. The Hall–Kier alpha value is -2.73. The van der Waals surface area contributed by atoms with E-state index < -0.39 is 5.97 Å². The van der Waals surface area contributed by atoms with Gasteiger partial charge in [-0.3, -0.25) is 0 Å². The number of carbonyl (C=O) groups excluding carboxylic acids is 1. The van der Waals surface area contributed by atoms with Crippen molar-refractivity contribution in [2.75, 3.05) is 13.7 Å². The fourth-order valence-corrected chi connectivity index (χ4v) is 4.46. The van der Waals surface area contributed by atoms with Gasteiger partial charge in [0, 0.05) is 12.0 Å². The molecule has 4 nitrogen and oxygen atoms in total. The third-order valence-corrected chi connectivity index (χ3v) is 6.83. The van der Waals surface area contributed by atoms with E-state index >= 15 is 0 Å². The van der Waals surface area contributed by atoms with Gasteiger partial charge in [-0.15, -0.1) is 0 Å². The van der Waals surface area contributed by atoms with Crippen molar-refractivity contribution < 1.29 is 19.0 Å². The zero-order valence-corrected chi connectivity index (χ0v) is 21.4. The minimum Gasteiger partial charge on any atom is -0.488 e. The van der Waals surface area contributed by atoms with Gasteiger partial charge in [0.1, 0.15) is 18.1 Å². The van der Waals surface area contributed by atoms with Crippen molar-refractivity contribution in [2.24, 2.45) is 0 Å². The molecule has 0 aliphatic carbocycles. The van der Waals surface area contributed by atoms with Gasteiger partial charge in [-0.1, -0.05) is 71.7 Å². The number of hydrogen-bond acceptors (Lipinski definition) is 4. The Balaban J connectivity index is 1.77. The third kappa shape index (κ3) is 5.66. The molecule has 0 saturated carbocycles. The molecule has 4 rings (SSSR count). The van der Waals surface area contributed by atoms with Crippen LogP contribution >= 0.6 is 39.1 Å². The molecule has 0 bridgehead atoms. The molecular formula is C27H21BrCl2O4. The summed E-state index contributed by atoms with van der Waals surface area (Å²) < 4.78 is 17.5. The second-order valence-electron chi connectivity index (χ2n) is 7.57. The van der Waals surface area contributed by atoms with Crippen molar-refractivity contribution in [1.82, 2.24) is 0 Å². The summed E-state index contributed by atoms with van der Waals surface area (Å²) in [5.74, 6) is 0.791. The number of halogens is 3. The molecule has 0 radical (unpaired) electrons. The first kappa shape index (κ1) is 24.4. The summed E-state index contributed by atoms with van der Waals surface area (Å²) in [4.78, 5) is 11.7. The fourth-order valence-electron chi connectivity index (χ4n) is 3.60. The van der Waals surface area contributed by atoms with Crippen molar-refractivity contribution in [1.29, 1.82) is 0 Å². The molecule has 174 valence electrons. The van der Waals surface area contributed by atoms with Crippen LogP contribution < -0.4 is 9.47 Å². The van der Waals surface area contributed by atoms with Gasteiger partial charge in [-0.2, -0.15) is 0 Å². The molecule has 0 aliphatic heterocycles. The maximum absolute atomic E-state index is 11.7. The van der Waals surface area contributed by atoms with Gasteiger partial charge in [-0.25, -0.2) is 4.79 Å². The molecule has 4 aromatic rings. The molecule has 0 fully saturated rings. The normalized spacial score (nSPS) is 10.8. The van der Waals surface area contributed by atoms with Crippen molar-refractivity contribution in [3.05, 3.63) is 104 Å². The Morgan fingerprint density at radius 1 is 0.912 bits per heavy atom. The largest absolute Gasteiger partial charge is 0.488 e. The molecule has 0 amide bonds. The molecule has 4 aromatic carbocycles. The van der Waals surface area contributed by atoms with Crippen LogP contribution in [0.2, 0.25) is 10.0 Å². The van der Waals surface area contributed by atoms with Gasteiger partial charge in [0.05, 0.1) is 21.6 Å². The van der Waals surface area contributed by atoms with Crippen LogP contribution in [0.15, 0.2) is 77.3 Å². The number of esters is 1. The Bertz CT molecular complexity index is 1330. The second kappa shape index (κ2) is 11.1. The molecular weight excluding hydrogens is 539 g/mol. The van der Waals surface area contributed by atoms with Crippen LogP contribution in [0.25, 0.3) is 10.8 Å². The van der Waals surface area contributed by atoms with E-state index in [-0.39, 0.29) is 6.61 Å². The number of hydrogen-bond donors (Lipinski definition) is 0. The summed E-state index contributed by atoms with van der Waals surface area (Å²) in [5.41, 5.74) is 2.78. The molecule has 0 spiro atoms. The quantitative estimate of drug-likeness (QED) is 0.208. The lowest BCUT2D eigenvalue weighted by atomic mass is 9.97. The number of methoxy groups -OCH3 is 1. The molecule has 0 aliphatic rings. The number of benzene rings is 4. The Morgan fingerprint density at radius 2 is 1.71 bits per heavy atom. The lowest BCUT2D eigenvalue weighted by molar-refractivity contribution is -0.142. The monoisotopic (exact) mass is 558 g/mol. The summed E-state index contributed by atoms with van der Waals surface area (Å²) in [6.45, 7) is 0.227. The number of fused-ring (bicyclic) bond motifs is 1. The molecule has 0 unspecified atom stereocenters. The van der Waals surface area contributed by atoms with Gasteiger partial charge >= 0.3 is 5.97 Å². The average molecular weight is 560 g/mol. The number of carbonyl (C=O) groups is 1. The Morgan fingerprint density at radius 3 is 2.47 bits per heavy atom. The Labute approximate surface area is 216 Å². The zero-order chi connectivity index (χ0) is 24.1. The maximum Gasteiger partial charge on any atom is 0.343 e. The van der Waals surface area contributed by atoms with E-state index in [4.69, 9.17) is 37.4 Å². The van der Waals surface area contributed by atoms with Crippen LogP contribution in [0, 0.1) is 0 Å². The lowest BCUT2D eigenvalue weighted by Crippen LogP contribution is -2.13. The first-order valence-electron chi connectivity index (χ1n) is 10.5. The molecule has 0 heterocycles. The van der Waals surface area contributed by atoms with E-state index in [1.165, 1.54) is 7.11 Å². The molecule has 0 N–H and O–H groups in total. The minimum absolute atomic E-state index is 0.202. The SMILES string of the molecule is COC(=O)COc1ccc2cc(Br)c(OCc3ccccc3)cc2c1Cc1cccc(Cl)c1Cl. The van der Waals surface area contributed by atoms with Crippen LogP contribution in [-0.4, -0.2) is 19.7 Å². The van der Waals surface area contributed by atoms with Gasteiger partial charge in [0.2, 0.25) is 0 Å². The van der Waals surface area contributed by atoms with E-state index in [9.17, 15) is 4.79 Å². The highest BCUT2D eigenvalue weighted by atomic mass is 79.9. The van der Waals surface area contributed by atoms with Crippen molar-refractivity contribution in [2.45, 2.75) is 13.0 Å². The lowest BCUT2D eigenvalue weighted by Gasteiger charge is -2.17. The van der Waals surface area contributed by atoms with Crippen LogP contribution in [0.4, 0.5) is 0 Å². The predicted molar refractivity (Wildman–Crippen MR) is 139 cm³/mol. The van der Waals surface area contributed by atoms with E-state index in [1.807, 2.05) is 66.7 Å². The predicted octanol–water partition coefficient (Wildman–Crippen LogP) is 7.63. The highest BCUT2D eigenvalue weighted by Gasteiger charge is 2.16. The van der Waals surface area contributed by atoms with Crippen LogP contribution in [-0.2, 0) is 22.6 Å². The van der Waals surface area contributed by atoms with Crippen LogP contribution in [0.3, 0.4) is 0 Å². The first-order chi connectivity index (χ1) is 16.5. The van der Waals surface area contributed by atoms with Gasteiger partial charge in [-0.05, 0) is 62.1 Å². The highest BCUT2D eigenvalue weighted by molar-refractivity contribution is 9.10. The van der Waals surface area contributed by atoms with Crippen molar-refractivity contribution in [3.63, 3.8) is 0 Å². The van der Waals surface area contributed by atoms with Crippen LogP contribution in [0.1, 0.15) is 16.7 Å². The fraction of sp³-hybridized carbons (Fsp3) is 0.148. The molecule has 0 aromatic heterocycles. The van der Waals surface area contributed by atoms with Crippen molar-refractivity contribution >= 4 is 55.9 Å². The summed E-state index contributed by atoms with van der Waals surface area (Å²) in [6, 6.07) is 23.2. The van der Waals surface area contributed by atoms with Gasteiger partial charge < -0.3 is 14.2 Å². The standard InChI is InChI=1S/C27H21BrCl2O4/c1-32-26(31)16-34-24-11-10-18-13-22(28)25(33-15-17-6-3-2-4-7-17)14-20(18)21(24)12-19-8-5-9-23(29)27(19)30/h2-11,13-14H,12,15-16H2,1H3. The number of ether oxygens (including phenoxy) is 3. The minimum atomic E-state index is -0.463.